The number of ether oxygens (including phenoxy) is 1. The molecule has 0 aliphatic rings. The Bertz CT molecular complexity index is 233. The highest BCUT2D eigenvalue weighted by Gasteiger charge is 2.05. The fourth-order valence-electron chi connectivity index (χ4n) is 0.289. The number of methoxy groups -OCH3 is 1. The number of hydrogen-bond acceptors (Lipinski definition) is 4. The van der Waals surface area contributed by atoms with E-state index in [0.29, 0.717) is 0 Å². The molecule has 0 heterocycles. The largest absolute Gasteiger partial charge is 0.466 e. The van der Waals surface area contributed by atoms with Crippen LogP contribution < -0.4 is 5.73 Å². The zero-order valence-electron chi connectivity index (χ0n) is 8.32. The molecule has 0 saturated carbocycles. The van der Waals surface area contributed by atoms with Crippen molar-refractivity contribution in [3.05, 3.63) is 24.8 Å². The van der Waals surface area contributed by atoms with E-state index in [1.165, 1.54) is 14.0 Å². The lowest BCUT2D eigenvalue weighted by Crippen LogP contribution is -2.20. The molecule has 3 N–H and O–H groups in total. The Labute approximate surface area is 82.9 Å². The Hall–Kier alpha value is -1.62. The molecule has 0 rings (SSSR count). The van der Waals surface area contributed by atoms with E-state index in [1.807, 2.05) is 0 Å². The van der Waals surface area contributed by atoms with Crippen LogP contribution in [0.1, 0.15) is 6.92 Å². The van der Waals surface area contributed by atoms with E-state index in [4.69, 9.17) is 10.8 Å². The van der Waals surface area contributed by atoms with E-state index in [9.17, 15) is 9.59 Å². The number of amides is 1. The van der Waals surface area contributed by atoms with Gasteiger partial charge in [0.15, 0.2) is 0 Å². The Morgan fingerprint density at radius 3 is 2.00 bits per heavy atom. The van der Waals surface area contributed by atoms with E-state index in [1.54, 1.807) is 0 Å². The molecule has 1 atom stereocenters. The summed E-state index contributed by atoms with van der Waals surface area (Å²) in [6.07, 6.45) is 0.285. The van der Waals surface area contributed by atoms with Crippen LogP contribution in [-0.2, 0) is 14.3 Å². The summed E-state index contributed by atoms with van der Waals surface area (Å²) in [4.78, 5) is 19.9. The quantitative estimate of drug-likeness (QED) is 0.487. The van der Waals surface area contributed by atoms with Gasteiger partial charge in [-0.15, -0.1) is 0 Å². The van der Waals surface area contributed by atoms with Gasteiger partial charge in [0.2, 0.25) is 5.91 Å². The highest BCUT2D eigenvalue weighted by atomic mass is 16.5. The Balaban J connectivity index is 0. The summed E-state index contributed by atoms with van der Waals surface area (Å²) in [6.45, 7) is 7.82. The molecule has 0 radical (unpaired) electrons. The second-order valence-corrected chi connectivity index (χ2v) is 2.29. The van der Waals surface area contributed by atoms with Crippen LogP contribution in [-0.4, -0.2) is 30.2 Å². The van der Waals surface area contributed by atoms with Gasteiger partial charge in [-0.2, -0.15) is 0 Å². The van der Waals surface area contributed by atoms with Gasteiger partial charge in [-0.25, -0.2) is 4.79 Å². The predicted octanol–water partition coefficient (Wildman–Crippen LogP) is -0.246. The third kappa shape index (κ3) is 8.48. The number of carbonyl (C=O) groups is 2. The monoisotopic (exact) mass is 201 g/mol. The van der Waals surface area contributed by atoms with Crippen molar-refractivity contribution in [1.82, 2.24) is 0 Å². The van der Waals surface area contributed by atoms with Gasteiger partial charge in [-0.3, -0.25) is 4.79 Å². The van der Waals surface area contributed by atoms with E-state index >= 15 is 0 Å². The molecule has 0 aliphatic heterocycles. The Morgan fingerprint density at radius 2 is 2.00 bits per heavy atom. The van der Waals surface area contributed by atoms with Crippen molar-refractivity contribution < 1.29 is 19.4 Å². The Morgan fingerprint density at radius 1 is 1.57 bits per heavy atom. The van der Waals surface area contributed by atoms with Crippen molar-refractivity contribution in [2.75, 3.05) is 7.11 Å². The SMILES string of the molecule is C=C(C(N)=O)C(C)O.C=CC(=O)OC. The molecule has 80 valence electrons. The van der Waals surface area contributed by atoms with Crippen LogP contribution in [0.5, 0.6) is 0 Å². The molecule has 1 amide bonds. The van der Waals surface area contributed by atoms with Gasteiger partial charge in [-0.1, -0.05) is 13.2 Å². The van der Waals surface area contributed by atoms with Crippen molar-refractivity contribution in [3.63, 3.8) is 0 Å². The highest BCUT2D eigenvalue weighted by molar-refractivity contribution is 5.92. The lowest BCUT2D eigenvalue weighted by molar-refractivity contribution is -0.134. The number of rotatable bonds is 3. The van der Waals surface area contributed by atoms with Crippen LogP contribution in [0.15, 0.2) is 24.8 Å². The van der Waals surface area contributed by atoms with Crippen LogP contribution in [0.25, 0.3) is 0 Å². The summed E-state index contributed by atoms with van der Waals surface area (Å²) < 4.78 is 4.14. The first-order chi connectivity index (χ1) is 6.36. The van der Waals surface area contributed by atoms with E-state index in [0.717, 1.165) is 6.08 Å². The van der Waals surface area contributed by atoms with Gasteiger partial charge in [0.1, 0.15) is 0 Å². The number of aliphatic hydroxyl groups excluding tert-OH is 1. The molecular weight excluding hydrogens is 186 g/mol. The zero-order valence-corrected chi connectivity index (χ0v) is 8.32. The molecule has 5 heteroatoms. The minimum atomic E-state index is -0.826. The molecule has 0 aliphatic carbocycles. The van der Waals surface area contributed by atoms with Crippen molar-refractivity contribution in [1.29, 1.82) is 0 Å². The maximum Gasteiger partial charge on any atom is 0.329 e. The first kappa shape index (κ1) is 14.9. The van der Waals surface area contributed by atoms with E-state index < -0.39 is 18.0 Å². The predicted molar refractivity (Wildman–Crippen MR) is 52.2 cm³/mol. The topological polar surface area (TPSA) is 89.6 Å². The fraction of sp³-hybridized carbons (Fsp3) is 0.333. The number of primary amides is 1. The molecule has 5 nitrogen and oxygen atoms in total. The standard InChI is InChI=1S/C5H9NO2.C4H6O2/c1-3(4(2)7)5(6)8;1-3-4(5)6-2/h4,7H,1H2,2H3,(H2,6,8);3H,1H2,2H3. The second-order valence-electron chi connectivity index (χ2n) is 2.29. The number of nitrogens with two attached hydrogens (primary N) is 1. The van der Waals surface area contributed by atoms with Crippen LogP contribution in [0.4, 0.5) is 0 Å². The molecule has 0 fully saturated rings. The average molecular weight is 201 g/mol. The Kier molecular flexibility index (Phi) is 8.50. The fourth-order valence-corrected chi connectivity index (χ4v) is 0.289. The molecule has 0 bridgehead atoms. The second kappa shape index (κ2) is 8.00. The average Bonchev–Trinajstić information content (AvgIpc) is 2.15. The molecule has 0 aromatic rings. The third-order valence-electron chi connectivity index (χ3n) is 1.19. The summed E-state index contributed by atoms with van der Waals surface area (Å²) in [5.41, 5.74) is 4.78. The molecule has 0 aromatic heterocycles. The van der Waals surface area contributed by atoms with Gasteiger partial charge in [0.25, 0.3) is 0 Å². The number of carbonyl (C=O) groups excluding carboxylic acids is 2. The minimum Gasteiger partial charge on any atom is -0.466 e. The van der Waals surface area contributed by atoms with Crippen molar-refractivity contribution in [3.8, 4) is 0 Å². The van der Waals surface area contributed by atoms with E-state index in [2.05, 4.69) is 17.9 Å². The van der Waals surface area contributed by atoms with Crippen LogP contribution >= 0.6 is 0 Å². The van der Waals surface area contributed by atoms with Crippen LogP contribution in [0.2, 0.25) is 0 Å². The van der Waals surface area contributed by atoms with Crippen molar-refractivity contribution in [2.24, 2.45) is 5.73 Å². The lowest BCUT2D eigenvalue weighted by atomic mass is 10.2. The first-order valence-electron chi connectivity index (χ1n) is 3.73. The van der Waals surface area contributed by atoms with Gasteiger partial charge in [0, 0.05) is 11.6 Å². The van der Waals surface area contributed by atoms with Gasteiger partial charge >= 0.3 is 5.97 Å². The molecule has 0 spiro atoms. The van der Waals surface area contributed by atoms with Crippen molar-refractivity contribution in [2.45, 2.75) is 13.0 Å². The zero-order chi connectivity index (χ0) is 11.7. The smallest absolute Gasteiger partial charge is 0.329 e. The maximum absolute atomic E-state index is 10.1. The first-order valence-corrected chi connectivity index (χ1v) is 3.73. The van der Waals surface area contributed by atoms with Gasteiger partial charge in [-0.05, 0) is 6.92 Å². The number of aliphatic hydroxyl groups is 1. The number of hydrogen-bond donors (Lipinski definition) is 2. The molecular formula is C9H15NO4. The van der Waals surface area contributed by atoms with Gasteiger partial charge in [0.05, 0.1) is 13.2 Å². The minimum absolute atomic E-state index is 0.0463. The molecule has 14 heavy (non-hydrogen) atoms. The van der Waals surface area contributed by atoms with Crippen LogP contribution in [0.3, 0.4) is 0 Å². The number of esters is 1. The van der Waals surface area contributed by atoms with Crippen molar-refractivity contribution >= 4 is 11.9 Å². The molecule has 0 aromatic carbocycles. The third-order valence-corrected chi connectivity index (χ3v) is 1.19. The summed E-state index contributed by atoms with van der Waals surface area (Å²) >= 11 is 0. The molecule has 0 saturated heterocycles. The van der Waals surface area contributed by atoms with Gasteiger partial charge < -0.3 is 15.6 Å². The summed E-state index contributed by atoms with van der Waals surface area (Å²) in [5.74, 6) is -1.05. The van der Waals surface area contributed by atoms with Crippen LogP contribution in [0, 0.1) is 0 Å². The normalized spacial score (nSPS) is 10.2. The van der Waals surface area contributed by atoms with E-state index in [-0.39, 0.29) is 5.57 Å². The highest BCUT2D eigenvalue weighted by Crippen LogP contribution is 1.94. The summed E-state index contributed by atoms with van der Waals surface area (Å²) in [7, 11) is 1.31. The summed E-state index contributed by atoms with van der Waals surface area (Å²) in [5, 5.41) is 8.59. The lowest BCUT2D eigenvalue weighted by Gasteiger charge is -2.00. The summed E-state index contributed by atoms with van der Waals surface area (Å²) in [6, 6.07) is 0. The maximum atomic E-state index is 10.1. The molecule has 1 unspecified atom stereocenters.